The second kappa shape index (κ2) is 8.01. The third kappa shape index (κ3) is 4.08. The van der Waals surface area contributed by atoms with E-state index in [2.05, 4.69) is 16.5 Å². The molecule has 1 heterocycles. The highest BCUT2D eigenvalue weighted by Crippen LogP contribution is 2.30. The second-order valence-electron chi connectivity index (χ2n) is 6.82. The van der Waals surface area contributed by atoms with Crippen molar-refractivity contribution in [1.82, 2.24) is 5.16 Å². The zero-order valence-corrected chi connectivity index (χ0v) is 16.1. The van der Waals surface area contributed by atoms with Gasteiger partial charge in [0.25, 0.3) is 5.91 Å². The first-order valence-electron chi connectivity index (χ1n) is 9.27. The van der Waals surface area contributed by atoms with Crippen molar-refractivity contribution in [3.05, 3.63) is 76.7 Å². The number of amides is 1. The summed E-state index contributed by atoms with van der Waals surface area (Å²) in [5, 5.41) is 7.06. The number of hydrogen-bond acceptors (Lipinski definition) is 4. The molecule has 4 rings (SSSR count). The van der Waals surface area contributed by atoms with Gasteiger partial charge in [0.05, 0.1) is 17.0 Å². The second-order valence-corrected chi connectivity index (χ2v) is 7.84. The van der Waals surface area contributed by atoms with Crippen LogP contribution in [0.5, 0.6) is 0 Å². The summed E-state index contributed by atoms with van der Waals surface area (Å²) in [6, 6.07) is 15.8. The third-order valence-corrected chi connectivity index (χ3v) is 5.92. The average Bonchev–Trinajstić information content (AvgIpc) is 3.12. The van der Waals surface area contributed by atoms with Gasteiger partial charge in [-0.05, 0) is 61.9 Å². The first kappa shape index (κ1) is 17.9. The van der Waals surface area contributed by atoms with E-state index in [1.807, 2.05) is 49.4 Å². The lowest BCUT2D eigenvalue weighted by Crippen LogP contribution is -2.16. The molecule has 0 atom stereocenters. The van der Waals surface area contributed by atoms with Gasteiger partial charge in [0, 0.05) is 16.6 Å². The molecule has 1 aliphatic carbocycles. The number of rotatable bonds is 5. The molecule has 0 saturated carbocycles. The van der Waals surface area contributed by atoms with Gasteiger partial charge in [0.1, 0.15) is 5.76 Å². The summed E-state index contributed by atoms with van der Waals surface area (Å²) in [6.07, 6.45) is 4.54. The van der Waals surface area contributed by atoms with Crippen molar-refractivity contribution in [3.8, 4) is 0 Å². The van der Waals surface area contributed by atoms with E-state index in [0.717, 1.165) is 34.9 Å². The predicted octanol–water partition coefficient (Wildman–Crippen LogP) is 5.41. The minimum Gasteiger partial charge on any atom is -0.360 e. The highest BCUT2D eigenvalue weighted by Gasteiger charge is 2.17. The highest BCUT2D eigenvalue weighted by molar-refractivity contribution is 7.98. The number of thioether (sulfide) groups is 1. The maximum atomic E-state index is 13.0. The van der Waals surface area contributed by atoms with E-state index in [0.29, 0.717) is 11.3 Å². The van der Waals surface area contributed by atoms with Crippen molar-refractivity contribution >= 4 is 23.4 Å². The quantitative estimate of drug-likeness (QED) is 0.604. The molecule has 1 amide bonds. The Bertz CT molecular complexity index is 964. The molecule has 0 fully saturated rings. The Morgan fingerprint density at radius 1 is 1.15 bits per heavy atom. The molecule has 0 radical (unpaired) electrons. The van der Waals surface area contributed by atoms with Crippen LogP contribution in [0.1, 0.15) is 45.8 Å². The maximum absolute atomic E-state index is 13.0. The number of fused-ring (bicyclic) bond motifs is 1. The standard InChI is InChI=1S/C22H22N2O2S/c1-15-13-17(26-24-15)14-27-21-12-5-4-10-19(21)22(25)23-20-11-6-8-16-7-2-3-9-18(16)20/h4-6,8,10-13H,2-3,7,9,14H2,1H3,(H,23,25). The highest BCUT2D eigenvalue weighted by atomic mass is 32.2. The Morgan fingerprint density at radius 3 is 2.85 bits per heavy atom. The van der Waals surface area contributed by atoms with E-state index in [9.17, 15) is 4.79 Å². The first-order chi connectivity index (χ1) is 13.2. The average molecular weight is 378 g/mol. The van der Waals surface area contributed by atoms with Gasteiger partial charge in [-0.25, -0.2) is 0 Å². The summed E-state index contributed by atoms with van der Waals surface area (Å²) < 4.78 is 5.27. The molecule has 0 unspecified atom stereocenters. The van der Waals surface area contributed by atoms with E-state index in [1.54, 1.807) is 11.8 Å². The van der Waals surface area contributed by atoms with E-state index < -0.39 is 0 Å². The van der Waals surface area contributed by atoms with Gasteiger partial charge in [-0.3, -0.25) is 4.79 Å². The molecule has 3 aromatic rings. The molecule has 2 aromatic carbocycles. The number of aryl methyl sites for hydroxylation is 2. The molecule has 4 nitrogen and oxygen atoms in total. The summed E-state index contributed by atoms with van der Waals surface area (Å²) in [7, 11) is 0. The Morgan fingerprint density at radius 2 is 2.00 bits per heavy atom. The first-order valence-corrected chi connectivity index (χ1v) is 10.3. The molecule has 1 aliphatic rings. The fourth-order valence-electron chi connectivity index (χ4n) is 3.50. The maximum Gasteiger partial charge on any atom is 0.256 e. The molecule has 5 heteroatoms. The van der Waals surface area contributed by atoms with Crippen LogP contribution in [0.2, 0.25) is 0 Å². The van der Waals surface area contributed by atoms with Gasteiger partial charge in [-0.15, -0.1) is 11.8 Å². The number of nitrogens with one attached hydrogen (secondary N) is 1. The van der Waals surface area contributed by atoms with Gasteiger partial charge in [-0.2, -0.15) is 0 Å². The molecule has 0 aliphatic heterocycles. The summed E-state index contributed by atoms with van der Waals surface area (Å²) in [4.78, 5) is 13.9. The van der Waals surface area contributed by atoms with Crippen LogP contribution in [0.3, 0.4) is 0 Å². The topological polar surface area (TPSA) is 55.1 Å². The smallest absolute Gasteiger partial charge is 0.256 e. The number of aromatic nitrogens is 1. The van der Waals surface area contributed by atoms with E-state index in [-0.39, 0.29) is 5.91 Å². The number of carbonyl (C=O) groups is 1. The molecule has 138 valence electrons. The third-order valence-electron chi connectivity index (χ3n) is 4.82. The molecule has 1 aromatic heterocycles. The Kier molecular flexibility index (Phi) is 5.30. The van der Waals surface area contributed by atoms with Crippen molar-refractivity contribution in [1.29, 1.82) is 0 Å². The van der Waals surface area contributed by atoms with Gasteiger partial charge >= 0.3 is 0 Å². The fourth-order valence-corrected chi connectivity index (χ4v) is 4.43. The van der Waals surface area contributed by atoms with Crippen LogP contribution in [-0.2, 0) is 18.6 Å². The summed E-state index contributed by atoms with van der Waals surface area (Å²) >= 11 is 1.59. The van der Waals surface area contributed by atoms with E-state index in [4.69, 9.17) is 4.52 Å². The number of nitrogens with zero attached hydrogens (tertiary/aromatic N) is 1. The molecule has 1 N–H and O–H groups in total. The molecule has 0 spiro atoms. The number of benzene rings is 2. The fraction of sp³-hybridized carbons (Fsp3) is 0.273. The minimum absolute atomic E-state index is 0.0641. The molecule has 0 bridgehead atoms. The summed E-state index contributed by atoms with van der Waals surface area (Å²) in [5.74, 6) is 1.39. The monoisotopic (exact) mass is 378 g/mol. The largest absolute Gasteiger partial charge is 0.360 e. The number of hydrogen-bond donors (Lipinski definition) is 1. The van der Waals surface area contributed by atoms with Crippen molar-refractivity contribution in [2.45, 2.75) is 43.3 Å². The van der Waals surface area contributed by atoms with Gasteiger partial charge in [0.2, 0.25) is 0 Å². The Balaban J connectivity index is 1.52. The van der Waals surface area contributed by atoms with E-state index in [1.165, 1.54) is 24.0 Å². The molecule has 0 saturated heterocycles. The van der Waals surface area contributed by atoms with Crippen LogP contribution in [0, 0.1) is 6.92 Å². The van der Waals surface area contributed by atoms with Crippen LogP contribution >= 0.6 is 11.8 Å². The Labute approximate surface area is 163 Å². The zero-order valence-electron chi connectivity index (χ0n) is 15.3. The minimum atomic E-state index is -0.0641. The van der Waals surface area contributed by atoms with Crippen molar-refractivity contribution < 1.29 is 9.32 Å². The molecule has 27 heavy (non-hydrogen) atoms. The zero-order chi connectivity index (χ0) is 18.6. The van der Waals surface area contributed by atoms with Crippen LogP contribution < -0.4 is 5.32 Å². The lowest BCUT2D eigenvalue weighted by molar-refractivity contribution is 0.102. The van der Waals surface area contributed by atoms with Gasteiger partial charge in [0.15, 0.2) is 0 Å². The van der Waals surface area contributed by atoms with E-state index >= 15 is 0 Å². The van der Waals surface area contributed by atoms with Gasteiger partial charge in [-0.1, -0.05) is 29.4 Å². The lowest BCUT2D eigenvalue weighted by Gasteiger charge is -2.20. The van der Waals surface area contributed by atoms with Crippen molar-refractivity contribution in [2.75, 3.05) is 5.32 Å². The molecular formula is C22H22N2O2S. The van der Waals surface area contributed by atoms with Crippen LogP contribution in [0.25, 0.3) is 0 Å². The SMILES string of the molecule is Cc1cc(CSc2ccccc2C(=O)Nc2cccc3c2CCCC3)on1. The predicted molar refractivity (Wildman–Crippen MR) is 108 cm³/mol. The number of anilines is 1. The van der Waals surface area contributed by atoms with Gasteiger partial charge < -0.3 is 9.84 Å². The van der Waals surface area contributed by atoms with Crippen LogP contribution in [-0.4, -0.2) is 11.1 Å². The summed E-state index contributed by atoms with van der Waals surface area (Å²) in [6.45, 7) is 1.90. The lowest BCUT2D eigenvalue weighted by atomic mass is 9.90. The van der Waals surface area contributed by atoms with Crippen molar-refractivity contribution in [3.63, 3.8) is 0 Å². The number of carbonyl (C=O) groups excluding carboxylic acids is 1. The van der Waals surface area contributed by atoms with Crippen molar-refractivity contribution in [2.24, 2.45) is 0 Å². The van der Waals surface area contributed by atoms with Crippen LogP contribution in [0.15, 0.2) is 57.9 Å². The normalized spacial score (nSPS) is 13.2. The summed E-state index contributed by atoms with van der Waals surface area (Å²) in [5.41, 5.74) is 5.15. The van der Waals surface area contributed by atoms with Crippen LogP contribution in [0.4, 0.5) is 5.69 Å². The Hall–Kier alpha value is -2.53. The molecular weight excluding hydrogens is 356 g/mol.